The van der Waals surface area contributed by atoms with Crippen LogP contribution in [-0.4, -0.2) is 21.5 Å². The lowest BCUT2D eigenvalue weighted by molar-refractivity contribution is -0.384. The normalized spacial score (nSPS) is 13.6. The minimum atomic E-state index is -0.447. The highest BCUT2D eigenvalue weighted by Gasteiger charge is 2.19. The molecule has 2 heterocycles. The SMILES string of the molecule is NNc1nc(-c2cccc([N+](=O)[O-])c2)nc2c1COCC2. The maximum absolute atomic E-state index is 10.9. The lowest BCUT2D eigenvalue weighted by atomic mass is 10.1. The van der Waals surface area contributed by atoms with E-state index in [1.165, 1.54) is 12.1 Å². The second-order valence-corrected chi connectivity index (χ2v) is 4.58. The third-order valence-corrected chi connectivity index (χ3v) is 3.27. The van der Waals surface area contributed by atoms with E-state index < -0.39 is 4.92 Å². The number of nitrogens with two attached hydrogens (primary N) is 1. The van der Waals surface area contributed by atoms with Crippen molar-refractivity contribution in [3.63, 3.8) is 0 Å². The highest BCUT2D eigenvalue weighted by molar-refractivity contribution is 5.62. The summed E-state index contributed by atoms with van der Waals surface area (Å²) in [5.74, 6) is 6.39. The van der Waals surface area contributed by atoms with Crippen molar-refractivity contribution in [3.05, 3.63) is 45.6 Å². The first-order valence-corrected chi connectivity index (χ1v) is 6.38. The van der Waals surface area contributed by atoms with Gasteiger partial charge in [0.25, 0.3) is 5.69 Å². The second-order valence-electron chi connectivity index (χ2n) is 4.58. The quantitative estimate of drug-likeness (QED) is 0.498. The Morgan fingerprint density at radius 2 is 2.24 bits per heavy atom. The van der Waals surface area contributed by atoms with Crippen molar-refractivity contribution in [1.82, 2.24) is 9.97 Å². The van der Waals surface area contributed by atoms with Crippen molar-refractivity contribution in [2.24, 2.45) is 5.84 Å². The van der Waals surface area contributed by atoms with Gasteiger partial charge in [-0.15, -0.1) is 0 Å². The second kappa shape index (κ2) is 5.43. The van der Waals surface area contributed by atoms with Gasteiger partial charge >= 0.3 is 0 Å². The molecule has 3 N–H and O–H groups in total. The van der Waals surface area contributed by atoms with E-state index in [-0.39, 0.29) is 5.69 Å². The van der Waals surface area contributed by atoms with Crippen LogP contribution in [0.5, 0.6) is 0 Å². The summed E-state index contributed by atoms with van der Waals surface area (Å²) in [6, 6.07) is 6.21. The number of nitrogens with one attached hydrogen (secondary N) is 1. The summed E-state index contributed by atoms with van der Waals surface area (Å²) < 4.78 is 5.37. The molecule has 3 rings (SSSR count). The monoisotopic (exact) mass is 287 g/mol. The fourth-order valence-electron chi connectivity index (χ4n) is 2.24. The number of non-ortho nitro benzene ring substituents is 1. The molecule has 1 aliphatic heterocycles. The molecule has 8 heteroatoms. The topological polar surface area (TPSA) is 116 Å². The summed E-state index contributed by atoms with van der Waals surface area (Å²) in [5, 5.41) is 10.9. The highest BCUT2D eigenvalue weighted by atomic mass is 16.6. The minimum absolute atomic E-state index is 0.000545. The van der Waals surface area contributed by atoms with Gasteiger partial charge in [0.2, 0.25) is 0 Å². The van der Waals surface area contributed by atoms with Crippen LogP contribution in [0.3, 0.4) is 0 Å². The third-order valence-electron chi connectivity index (χ3n) is 3.27. The molecule has 8 nitrogen and oxygen atoms in total. The maximum atomic E-state index is 10.9. The van der Waals surface area contributed by atoms with E-state index in [1.54, 1.807) is 12.1 Å². The Labute approximate surface area is 120 Å². The molecular weight excluding hydrogens is 274 g/mol. The Kier molecular flexibility index (Phi) is 3.46. The summed E-state index contributed by atoms with van der Waals surface area (Å²) in [5.41, 5.74) is 4.80. The summed E-state index contributed by atoms with van der Waals surface area (Å²) in [6.07, 6.45) is 0.661. The van der Waals surface area contributed by atoms with Gasteiger partial charge in [0, 0.05) is 29.7 Å². The lowest BCUT2D eigenvalue weighted by Gasteiger charge is -2.19. The Balaban J connectivity index is 2.10. The molecule has 2 aromatic rings. The molecular formula is C13H13N5O3. The Bertz CT molecular complexity index is 687. The smallest absolute Gasteiger partial charge is 0.270 e. The van der Waals surface area contributed by atoms with Crippen molar-refractivity contribution in [1.29, 1.82) is 0 Å². The van der Waals surface area contributed by atoms with E-state index in [1.807, 2.05) is 0 Å². The standard InChI is InChI=1S/C13H13N5O3/c14-17-13-10-7-21-5-4-11(10)15-12(16-13)8-2-1-3-9(6-8)18(19)20/h1-3,6H,4-5,7,14H2,(H,15,16,17). The largest absolute Gasteiger partial charge is 0.376 e. The Morgan fingerprint density at radius 1 is 1.38 bits per heavy atom. The number of anilines is 1. The molecule has 0 saturated carbocycles. The molecule has 21 heavy (non-hydrogen) atoms. The van der Waals surface area contributed by atoms with Crippen LogP contribution in [-0.2, 0) is 17.8 Å². The van der Waals surface area contributed by atoms with Gasteiger partial charge in [-0.1, -0.05) is 12.1 Å². The van der Waals surface area contributed by atoms with Crippen molar-refractivity contribution in [2.45, 2.75) is 13.0 Å². The van der Waals surface area contributed by atoms with E-state index in [4.69, 9.17) is 10.6 Å². The number of hydrogen-bond donors (Lipinski definition) is 2. The summed E-state index contributed by atoms with van der Waals surface area (Å²) in [7, 11) is 0. The number of nitro benzene ring substituents is 1. The molecule has 0 unspecified atom stereocenters. The van der Waals surface area contributed by atoms with Gasteiger partial charge in [-0.3, -0.25) is 10.1 Å². The predicted octanol–water partition coefficient (Wildman–Crippen LogP) is 1.41. The average Bonchev–Trinajstić information content (AvgIpc) is 2.53. The molecule has 0 amide bonds. The first-order valence-electron chi connectivity index (χ1n) is 6.38. The molecule has 0 saturated heterocycles. The number of hydrogen-bond acceptors (Lipinski definition) is 7. The van der Waals surface area contributed by atoms with Gasteiger partial charge in [0.15, 0.2) is 5.82 Å². The van der Waals surface area contributed by atoms with Crippen LogP contribution in [0.1, 0.15) is 11.3 Å². The van der Waals surface area contributed by atoms with Crippen LogP contribution in [0, 0.1) is 10.1 Å². The minimum Gasteiger partial charge on any atom is -0.376 e. The highest BCUT2D eigenvalue weighted by Crippen LogP contribution is 2.27. The van der Waals surface area contributed by atoms with E-state index in [9.17, 15) is 10.1 Å². The molecule has 0 aliphatic carbocycles. The van der Waals surface area contributed by atoms with Crippen molar-refractivity contribution >= 4 is 11.5 Å². The molecule has 0 atom stereocenters. The average molecular weight is 287 g/mol. The van der Waals surface area contributed by atoms with Gasteiger partial charge in [0.05, 0.1) is 23.8 Å². The molecule has 0 radical (unpaired) electrons. The third kappa shape index (κ3) is 2.54. The zero-order valence-corrected chi connectivity index (χ0v) is 11.1. The summed E-state index contributed by atoms with van der Waals surface area (Å²) >= 11 is 0. The van der Waals surface area contributed by atoms with Gasteiger partial charge < -0.3 is 10.2 Å². The Hall–Kier alpha value is -2.58. The maximum Gasteiger partial charge on any atom is 0.270 e. The van der Waals surface area contributed by atoms with E-state index in [0.29, 0.717) is 36.8 Å². The summed E-state index contributed by atoms with van der Waals surface area (Å²) in [4.78, 5) is 19.2. The van der Waals surface area contributed by atoms with E-state index in [2.05, 4.69) is 15.4 Å². The van der Waals surface area contributed by atoms with Crippen LogP contribution >= 0.6 is 0 Å². The number of hydrazine groups is 1. The van der Waals surface area contributed by atoms with Gasteiger partial charge in [-0.25, -0.2) is 15.8 Å². The van der Waals surface area contributed by atoms with Crippen molar-refractivity contribution in [2.75, 3.05) is 12.0 Å². The van der Waals surface area contributed by atoms with Crippen LogP contribution in [0.4, 0.5) is 11.5 Å². The first-order chi connectivity index (χ1) is 10.2. The molecule has 1 aromatic carbocycles. The zero-order valence-electron chi connectivity index (χ0n) is 11.1. The molecule has 1 aromatic heterocycles. The van der Waals surface area contributed by atoms with Gasteiger partial charge in [-0.05, 0) is 0 Å². The number of ether oxygens (including phenoxy) is 1. The number of nitro groups is 1. The molecule has 0 spiro atoms. The number of nitrogens with zero attached hydrogens (tertiary/aromatic N) is 3. The number of nitrogen functional groups attached to an aromatic ring is 1. The predicted molar refractivity (Wildman–Crippen MR) is 75.3 cm³/mol. The molecule has 0 bridgehead atoms. The lowest BCUT2D eigenvalue weighted by Crippen LogP contribution is -2.19. The zero-order chi connectivity index (χ0) is 14.8. The number of benzene rings is 1. The van der Waals surface area contributed by atoms with E-state index in [0.717, 1.165) is 11.3 Å². The van der Waals surface area contributed by atoms with Gasteiger partial charge in [-0.2, -0.15) is 0 Å². The van der Waals surface area contributed by atoms with Crippen molar-refractivity contribution < 1.29 is 9.66 Å². The molecule has 108 valence electrons. The molecule has 0 fully saturated rings. The number of rotatable bonds is 3. The van der Waals surface area contributed by atoms with E-state index >= 15 is 0 Å². The number of fused-ring (bicyclic) bond motifs is 1. The number of aromatic nitrogens is 2. The fourth-order valence-corrected chi connectivity index (χ4v) is 2.24. The Morgan fingerprint density at radius 3 is 3.00 bits per heavy atom. The van der Waals surface area contributed by atoms with Crippen LogP contribution in [0.15, 0.2) is 24.3 Å². The van der Waals surface area contributed by atoms with Gasteiger partial charge in [0.1, 0.15) is 5.82 Å². The van der Waals surface area contributed by atoms with Crippen molar-refractivity contribution in [3.8, 4) is 11.4 Å². The summed E-state index contributed by atoms with van der Waals surface area (Å²) in [6.45, 7) is 0.993. The van der Waals surface area contributed by atoms with Crippen LogP contribution in [0.2, 0.25) is 0 Å². The van der Waals surface area contributed by atoms with Crippen LogP contribution < -0.4 is 11.3 Å². The first kappa shape index (κ1) is 13.4. The fraction of sp³-hybridized carbons (Fsp3) is 0.231. The molecule has 1 aliphatic rings. The van der Waals surface area contributed by atoms with Crippen LogP contribution in [0.25, 0.3) is 11.4 Å².